The fourth-order valence-electron chi connectivity index (χ4n) is 1.03. The van der Waals surface area contributed by atoms with E-state index in [-0.39, 0.29) is 0 Å². The third kappa shape index (κ3) is 1.33. The molecule has 1 heteroatoms. The van der Waals surface area contributed by atoms with Crippen LogP contribution in [0, 0.1) is 0 Å². The Morgan fingerprint density at radius 3 is 2.64 bits per heavy atom. The summed E-state index contributed by atoms with van der Waals surface area (Å²) < 4.78 is 0. The van der Waals surface area contributed by atoms with Crippen molar-refractivity contribution in [2.75, 3.05) is 0 Å². The van der Waals surface area contributed by atoms with E-state index in [2.05, 4.69) is 35.8 Å². The quantitative estimate of drug-likeness (QED) is 0.546. The highest BCUT2D eigenvalue weighted by atomic mass is 32.1. The fourth-order valence-corrected chi connectivity index (χ4v) is 1.83. The summed E-state index contributed by atoms with van der Waals surface area (Å²) in [4.78, 5) is 1.34. The predicted octanol–water partition coefficient (Wildman–Crippen LogP) is 3.34. The van der Waals surface area contributed by atoms with Crippen LogP contribution in [0.3, 0.4) is 0 Å². The second kappa shape index (κ2) is 2.89. The van der Waals surface area contributed by atoms with Gasteiger partial charge < -0.3 is 0 Å². The number of rotatable bonds is 0. The summed E-state index contributed by atoms with van der Waals surface area (Å²) >= 11 is 1.78. The first-order valence-electron chi connectivity index (χ1n) is 3.56. The number of hydrogen-bond acceptors (Lipinski definition) is 1. The van der Waals surface area contributed by atoms with E-state index in [1.165, 1.54) is 10.4 Å². The van der Waals surface area contributed by atoms with Crippen LogP contribution in [0.4, 0.5) is 0 Å². The van der Waals surface area contributed by atoms with Gasteiger partial charge in [-0.3, -0.25) is 0 Å². The molecule has 1 aromatic rings. The zero-order valence-electron chi connectivity index (χ0n) is 6.03. The summed E-state index contributed by atoms with van der Waals surface area (Å²) in [5.74, 6) is 0. The SMILES string of the molecule is C1=CC=Cc2sccc2C=C1. The van der Waals surface area contributed by atoms with Gasteiger partial charge in [0.2, 0.25) is 0 Å². The van der Waals surface area contributed by atoms with Crippen molar-refractivity contribution < 1.29 is 0 Å². The Hall–Kier alpha value is -1.08. The van der Waals surface area contributed by atoms with Gasteiger partial charge in [0.1, 0.15) is 0 Å². The van der Waals surface area contributed by atoms with Gasteiger partial charge in [-0.25, -0.2) is 0 Å². The van der Waals surface area contributed by atoms with Gasteiger partial charge in [-0.2, -0.15) is 0 Å². The van der Waals surface area contributed by atoms with Gasteiger partial charge in [0.15, 0.2) is 0 Å². The maximum atomic E-state index is 2.14. The molecule has 11 heavy (non-hydrogen) atoms. The van der Waals surface area contributed by atoms with Gasteiger partial charge in [0.05, 0.1) is 0 Å². The molecule has 0 saturated heterocycles. The maximum Gasteiger partial charge on any atom is 0.0342 e. The van der Waals surface area contributed by atoms with Gasteiger partial charge in [0, 0.05) is 4.88 Å². The average Bonchev–Trinajstić information content (AvgIpc) is 2.35. The lowest BCUT2D eigenvalue weighted by Gasteiger charge is -1.91. The molecule has 0 radical (unpaired) electrons. The molecule has 1 aliphatic carbocycles. The normalized spacial score (nSPS) is 14.2. The van der Waals surface area contributed by atoms with Crippen LogP contribution in [0.25, 0.3) is 12.2 Å². The van der Waals surface area contributed by atoms with E-state index in [1.54, 1.807) is 11.3 Å². The summed E-state index contributed by atoms with van der Waals surface area (Å²) in [6.45, 7) is 0. The average molecular weight is 160 g/mol. The number of thiophene rings is 1. The molecule has 0 nitrogen and oxygen atoms in total. The molecule has 0 unspecified atom stereocenters. The molecule has 1 aromatic heterocycles. The van der Waals surface area contributed by atoms with E-state index < -0.39 is 0 Å². The Bertz CT molecular complexity index is 296. The Labute approximate surface area is 70.2 Å². The van der Waals surface area contributed by atoms with Gasteiger partial charge >= 0.3 is 0 Å². The molecule has 0 atom stereocenters. The minimum Gasteiger partial charge on any atom is -0.144 e. The van der Waals surface area contributed by atoms with E-state index in [1.807, 2.05) is 12.2 Å². The first-order valence-corrected chi connectivity index (χ1v) is 4.44. The molecule has 0 saturated carbocycles. The van der Waals surface area contributed by atoms with E-state index in [4.69, 9.17) is 0 Å². The van der Waals surface area contributed by atoms with Gasteiger partial charge in [-0.15, -0.1) is 11.3 Å². The number of hydrogen-bond donors (Lipinski definition) is 0. The lowest BCUT2D eigenvalue weighted by atomic mass is 10.2. The summed E-state index contributed by atoms with van der Waals surface area (Å²) in [5.41, 5.74) is 1.32. The molecule has 0 fully saturated rings. The molecule has 0 bridgehead atoms. The minimum atomic E-state index is 1.32. The molecule has 1 aliphatic rings. The van der Waals surface area contributed by atoms with Crippen molar-refractivity contribution in [3.05, 3.63) is 46.2 Å². The lowest BCUT2D eigenvalue weighted by molar-refractivity contribution is 1.79. The zero-order valence-corrected chi connectivity index (χ0v) is 6.84. The highest BCUT2D eigenvalue weighted by Gasteiger charge is 1.95. The van der Waals surface area contributed by atoms with Crippen LogP contribution in [0.2, 0.25) is 0 Å². The third-order valence-electron chi connectivity index (χ3n) is 1.58. The first-order chi connectivity index (χ1) is 5.47. The Morgan fingerprint density at radius 1 is 0.909 bits per heavy atom. The second-order valence-corrected chi connectivity index (χ2v) is 3.29. The summed E-state index contributed by atoms with van der Waals surface area (Å²) in [6, 6.07) is 2.14. The highest BCUT2D eigenvalue weighted by molar-refractivity contribution is 7.11. The monoisotopic (exact) mass is 160 g/mol. The van der Waals surface area contributed by atoms with Gasteiger partial charge in [0.25, 0.3) is 0 Å². The van der Waals surface area contributed by atoms with Crippen LogP contribution >= 0.6 is 11.3 Å². The van der Waals surface area contributed by atoms with E-state index >= 15 is 0 Å². The van der Waals surface area contributed by atoms with Gasteiger partial charge in [-0.1, -0.05) is 30.4 Å². The molecule has 2 rings (SSSR count). The molecule has 0 N–H and O–H groups in total. The van der Waals surface area contributed by atoms with Crippen molar-refractivity contribution in [3.63, 3.8) is 0 Å². The van der Waals surface area contributed by atoms with Gasteiger partial charge in [-0.05, 0) is 23.1 Å². The van der Waals surface area contributed by atoms with Crippen LogP contribution in [0.15, 0.2) is 35.8 Å². The third-order valence-corrected chi connectivity index (χ3v) is 2.48. The Balaban J connectivity index is 2.52. The second-order valence-electron chi connectivity index (χ2n) is 2.34. The van der Waals surface area contributed by atoms with E-state index in [0.29, 0.717) is 0 Å². The van der Waals surface area contributed by atoms with E-state index in [0.717, 1.165) is 0 Å². The summed E-state index contributed by atoms with van der Waals surface area (Å²) in [5, 5.41) is 2.12. The van der Waals surface area contributed by atoms with Crippen molar-refractivity contribution in [2.24, 2.45) is 0 Å². The topological polar surface area (TPSA) is 0 Å². The molecule has 0 spiro atoms. The van der Waals surface area contributed by atoms with Crippen LogP contribution in [-0.2, 0) is 0 Å². The standard InChI is InChI=1S/C10H8S/c1-2-4-6-10-9(5-3-1)7-8-11-10/h1-8H. The summed E-state index contributed by atoms with van der Waals surface area (Å²) in [7, 11) is 0. The molecule has 0 aliphatic heterocycles. The first kappa shape index (κ1) is 6.62. The van der Waals surface area contributed by atoms with Crippen LogP contribution in [-0.4, -0.2) is 0 Å². The Kier molecular flexibility index (Phi) is 1.74. The lowest BCUT2D eigenvalue weighted by Crippen LogP contribution is -1.70. The van der Waals surface area contributed by atoms with Crippen molar-refractivity contribution >= 4 is 23.5 Å². The van der Waals surface area contributed by atoms with Crippen molar-refractivity contribution in [1.82, 2.24) is 0 Å². The fraction of sp³-hybridized carbons (Fsp3) is 0. The maximum absolute atomic E-state index is 2.14. The molecule has 0 aromatic carbocycles. The molecule has 1 heterocycles. The van der Waals surface area contributed by atoms with Crippen LogP contribution in [0.1, 0.15) is 10.4 Å². The van der Waals surface area contributed by atoms with Crippen molar-refractivity contribution in [2.45, 2.75) is 0 Å². The van der Waals surface area contributed by atoms with E-state index in [9.17, 15) is 0 Å². The molecule has 54 valence electrons. The molecular formula is C10H8S. The zero-order chi connectivity index (χ0) is 7.52. The molecule has 0 amide bonds. The van der Waals surface area contributed by atoms with Crippen LogP contribution in [0.5, 0.6) is 0 Å². The van der Waals surface area contributed by atoms with Crippen LogP contribution < -0.4 is 0 Å². The highest BCUT2D eigenvalue weighted by Crippen LogP contribution is 2.20. The summed E-state index contributed by atoms with van der Waals surface area (Å²) in [6.07, 6.45) is 12.5. The smallest absolute Gasteiger partial charge is 0.0342 e. The van der Waals surface area contributed by atoms with Crippen molar-refractivity contribution in [3.8, 4) is 0 Å². The van der Waals surface area contributed by atoms with Crippen molar-refractivity contribution in [1.29, 1.82) is 0 Å². The number of fused-ring (bicyclic) bond motifs is 1. The predicted molar refractivity (Wildman–Crippen MR) is 51.5 cm³/mol. The largest absolute Gasteiger partial charge is 0.144 e. The Morgan fingerprint density at radius 2 is 1.73 bits per heavy atom. The molecular weight excluding hydrogens is 152 g/mol. The minimum absolute atomic E-state index is 1.32. The number of allylic oxidation sites excluding steroid dienone is 4.